The molecular weight excluding hydrogens is 372 g/mol. The maximum atomic E-state index is 12.8. The highest BCUT2D eigenvalue weighted by Crippen LogP contribution is 2.23. The van der Waals surface area contributed by atoms with Gasteiger partial charge in [-0.1, -0.05) is 53.8 Å². The van der Waals surface area contributed by atoms with Gasteiger partial charge in [0, 0.05) is 5.57 Å². The van der Waals surface area contributed by atoms with Crippen molar-refractivity contribution in [3.05, 3.63) is 70.7 Å². The number of hydrogen-bond donors (Lipinski definition) is 1. The largest absolute Gasteiger partial charge is 0.435 e. The standard InChI is InChI=1S/C19H15F2N3O2S/c1-12-23-24-19(27-12)22-17(25)16(14-5-3-2-4-6-14)11-13-7-9-15(10-8-13)26-18(20)21/h2-11,18H,1H3,(H,22,24,25)/b16-11+. The molecule has 0 aliphatic rings. The zero-order valence-electron chi connectivity index (χ0n) is 14.2. The maximum absolute atomic E-state index is 12.8. The lowest BCUT2D eigenvalue weighted by atomic mass is 10.0. The lowest BCUT2D eigenvalue weighted by molar-refractivity contribution is -0.111. The molecule has 0 unspecified atom stereocenters. The Kier molecular flexibility index (Phi) is 5.87. The molecule has 0 aliphatic heterocycles. The quantitative estimate of drug-likeness (QED) is 0.495. The van der Waals surface area contributed by atoms with Gasteiger partial charge in [-0.05, 0) is 36.3 Å². The fraction of sp³-hybridized carbons (Fsp3) is 0.105. The van der Waals surface area contributed by atoms with E-state index >= 15 is 0 Å². The van der Waals surface area contributed by atoms with Crippen molar-refractivity contribution in [2.45, 2.75) is 13.5 Å². The van der Waals surface area contributed by atoms with E-state index in [-0.39, 0.29) is 11.7 Å². The van der Waals surface area contributed by atoms with Crippen molar-refractivity contribution in [2.75, 3.05) is 5.32 Å². The van der Waals surface area contributed by atoms with Crippen molar-refractivity contribution in [3.8, 4) is 5.75 Å². The molecule has 0 radical (unpaired) electrons. The number of nitrogens with one attached hydrogen (secondary N) is 1. The molecule has 2 aromatic carbocycles. The minimum absolute atomic E-state index is 0.0530. The lowest BCUT2D eigenvalue weighted by Gasteiger charge is -2.08. The van der Waals surface area contributed by atoms with E-state index < -0.39 is 6.61 Å². The second kappa shape index (κ2) is 8.50. The molecule has 1 N–H and O–H groups in total. The molecule has 0 aliphatic carbocycles. The minimum atomic E-state index is -2.88. The molecule has 1 aromatic heterocycles. The molecule has 1 amide bonds. The van der Waals surface area contributed by atoms with Gasteiger partial charge in [0.15, 0.2) is 0 Å². The van der Waals surface area contributed by atoms with Crippen LogP contribution in [0.15, 0.2) is 54.6 Å². The van der Waals surface area contributed by atoms with Gasteiger partial charge < -0.3 is 4.74 Å². The Hall–Kier alpha value is -3.13. The molecule has 0 saturated carbocycles. The monoisotopic (exact) mass is 387 g/mol. The van der Waals surface area contributed by atoms with Crippen molar-refractivity contribution < 1.29 is 18.3 Å². The van der Waals surface area contributed by atoms with Gasteiger partial charge in [0.05, 0.1) is 0 Å². The van der Waals surface area contributed by atoms with Gasteiger partial charge in [0.2, 0.25) is 5.13 Å². The molecule has 5 nitrogen and oxygen atoms in total. The van der Waals surface area contributed by atoms with Crippen molar-refractivity contribution >= 4 is 34.0 Å². The van der Waals surface area contributed by atoms with Crippen LogP contribution in [-0.4, -0.2) is 22.7 Å². The average Bonchev–Trinajstić information content (AvgIpc) is 3.06. The highest BCUT2D eigenvalue weighted by Gasteiger charge is 2.14. The summed E-state index contributed by atoms with van der Waals surface area (Å²) < 4.78 is 28.9. The number of hydrogen-bond acceptors (Lipinski definition) is 5. The zero-order valence-corrected chi connectivity index (χ0v) is 15.0. The van der Waals surface area contributed by atoms with E-state index in [9.17, 15) is 13.6 Å². The fourth-order valence-electron chi connectivity index (χ4n) is 2.32. The molecule has 3 aromatic rings. The van der Waals surface area contributed by atoms with Gasteiger partial charge in [-0.15, -0.1) is 10.2 Å². The van der Waals surface area contributed by atoms with Crippen molar-refractivity contribution in [1.29, 1.82) is 0 Å². The molecule has 138 valence electrons. The van der Waals surface area contributed by atoms with Gasteiger partial charge in [0.25, 0.3) is 5.91 Å². The van der Waals surface area contributed by atoms with Gasteiger partial charge in [-0.25, -0.2) is 0 Å². The number of anilines is 1. The van der Waals surface area contributed by atoms with E-state index in [1.807, 2.05) is 30.3 Å². The summed E-state index contributed by atoms with van der Waals surface area (Å²) in [7, 11) is 0. The van der Waals surface area contributed by atoms with Crippen LogP contribution in [0.5, 0.6) is 5.75 Å². The van der Waals surface area contributed by atoms with Crippen LogP contribution in [0.2, 0.25) is 0 Å². The van der Waals surface area contributed by atoms with E-state index in [4.69, 9.17) is 0 Å². The molecule has 3 rings (SSSR count). The summed E-state index contributed by atoms with van der Waals surface area (Å²) in [4.78, 5) is 12.8. The van der Waals surface area contributed by atoms with Crippen LogP contribution in [0.3, 0.4) is 0 Å². The highest BCUT2D eigenvalue weighted by molar-refractivity contribution is 7.15. The van der Waals surface area contributed by atoms with Gasteiger partial charge in [0.1, 0.15) is 10.8 Å². The number of benzene rings is 2. The first kappa shape index (κ1) is 18.7. The van der Waals surface area contributed by atoms with E-state index in [1.165, 1.54) is 23.5 Å². The molecular formula is C19H15F2N3O2S. The average molecular weight is 387 g/mol. The summed E-state index contributed by atoms with van der Waals surface area (Å²) in [6, 6.07) is 15.2. The van der Waals surface area contributed by atoms with Crippen LogP contribution in [0.25, 0.3) is 11.6 Å². The van der Waals surface area contributed by atoms with E-state index in [2.05, 4.69) is 20.3 Å². The molecule has 0 bridgehead atoms. The summed E-state index contributed by atoms with van der Waals surface area (Å²) in [5.41, 5.74) is 1.79. The third-order valence-electron chi connectivity index (χ3n) is 3.49. The molecule has 0 fully saturated rings. The Morgan fingerprint density at radius 2 is 1.81 bits per heavy atom. The number of carbonyl (C=O) groups excluding carboxylic acids is 1. The SMILES string of the molecule is Cc1nnc(NC(=O)/C(=C/c2ccc(OC(F)F)cc2)c2ccccc2)s1. The number of amides is 1. The topological polar surface area (TPSA) is 64.1 Å². The number of aryl methyl sites for hydroxylation is 1. The van der Waals surface area contributed by atoms with Crippen LogP contribution < -0.4 is 10.1 Å². The Morgan fingerprint density at radius 1 is 1.11 bits per heavy atom. The zero-order chi connectivity index (χ0) is 19.2. The lowest BCUT2D eigenvalue weighted by Crippen LogP contribution is -2.13. The first-order valence-electron chi connectivity index (χ1n) is 7.95. The second-order valence-corrected chi connectivity index (χ2v) is 6.63. The summed E-state index contributed by atoms with van der Waals surface area (Å²) in [6.07, 6.45) is 1.67. The van der Waals surface area contributed by atoms with E-state index in [1.54, 1.807) is 25.1 Å². The summed E-state index contributed by atoms with van der Waals surface area (Å²) in [6.45, 7) is -1.09. The number of nitrogens with zero attached hydrogens (tertiary/aromatic N) is 2. The first-order valence-corrected chi connectivity index (χ1v) is 8.76. The predicted molar refractivity (Wildman–Crippen MR) is 101 cm³/mol. The van der Waals surface area contributed by atoms with E-state index in [0.29, 0.717) is 21.8 Å². The fourth-order valence-corrected chi connectivity index (χ4v) is 2.91. The van der Waals surface area contributed by atoms with Crippen LogP contribution in [0.1, 0.15) is 16.1 Å². The Bertz CT molecular complexity index is 941. The second-order valence-electron chi connectivity index (χ2n) is 5.45. The molecule has 0 saturated heterocycles. The van der Waals surface area contributed by atoms with Crippen LogP contribution >= 0.6 is 11.3 Å². The third kappa shape index (κ3) is 5.18. The summed E-state index contributed by atoms with van der Waals surface area (Å²) in [5.74, 6) is -0.289. The Balaban J connectivity index is 1.89. The normalized spacial score (nSPS) is 11.5. The molecule has 27 heavy (non-hydrogen) atoms. The molecule has 0 spiro atoms. The van der Waals surface area contributed by atoms with E-state index in [0.717, 1.165) is 5.01 Å². The first-order chi connectivity index (χ1) is 13.0. The van der Waals surface area contributed by atoms with Gasteiger partial charge in [-0.3, -0.25) is 10.1 Å². The number of halogens is 2. The molecule has 1 heterocycles. The predicted octanol–water partition coefficient (Wildman–Crippen LogP) is 4.63. The van der Waals surface area contributed by atoms with Gasteiger partial charge >= 0.3 is 6.61 Å². The van der Waals surface area contributed by atoms with Crippen molar-refractivity contribution in [3.63, 3.8) is 0 Å². The van der Waals surface area contributed by atoms with Crippen molar-refractivity contribution in [1.82, 2.24) is 10.2 Å². The van der Waals surface area contributed by atoms with Crippen LogP contribution in [0, 0.1) is 6.92 Å². The Labute approximate surface area is 158 Å². The van der Waals surface area contributed by atoms with Crippen LogP contribution in [0.4, 0.5) is 13.9 Å². The maximum Gasteiger partial charge on any atom is 0.387 e. The smallest absolute Gasteiger partial charge is 0.387 e. The Morgan fingerprint density at radius 3 is 2.41 bits per heavy atom. The van der Waals surface area contributed by atoms with Crippen LogP contribution in [-0.2, 0) is 4.79 Å². The third-order valence-corrected chi connectivity index (χ3v) is 4.25. The number of ether oxygens (including phenoxy) is 1. The highest BCUT2D eigenvalue weighted by atomic mass is 32.1. The molecule has 8 heteroatoms. The number of aromatic nitrogens is 2. The van der Waals surface area contributed by atoms with Crippen molar-refractivity contribution in [2.24, 2.45) is 0 Å². The number of carbonyl (C=O) groups is 1. The number of rotatable bonds is 6. The minimum Gasteiger partial charge on any atom is -0.435 e. The molecule has 0 atom stereocenters. The number of alkyl halides is 2. The summed E-state index contributed by atoms with van der Waals surface area (Å²) in [5, 5.41) is 11.7. The summed E-state index contributed by atoms with van der Waals surface area (Å²) >= 11 is 1.27. The van der Waals surface area contributed by atoms with Gasteiger partial charge in [-0.2, -0.15) is 8.78 Å².